The van der Waals surface area contributed by atoms with Crippen LogP contribution in [-0.2, 0) is 17.5 Å². The predicted octanol–water partition coefficient (Wildman–Crippen LogP) is 4.36. The Kier molecular flexibility index (Phi) is 6.74. The monoisotopic (exact) mass is 431 g/mol. The molecule has 2 aromatic carbocycles. The maximum absolute atomic E-state index is 13.0. The molecule has 0 radical (unpaired) electrons. The number of anilines is 1. The molecule has 6 nitrogen and oxygen atoms in total. The normalized spacial score (nSPS) is 11.2. The molecule has 0 saturated carbocycles. The quantitative estimate of drug-likeness (QED) is 0.604. The summed E-state index contributed by atoms with van der Waals surface area (Å²) in [6.07, 6.45) is -4.39. The van der Waals surface area contributed by atoms with E-state index in [2.05, 4.69) is 10.4 Å². The first-order chi connectivity index (χ1) is 14.8. The molecule has 0 fully saturated rings. The maximum atomic E-state index is 13.0. The Bertz CT molecular complexity index is 1110. The van der Waals surface area contributed by atoms with Gasteiger partial charge >= 0.3 is 6.18 Å². The van der Waals surface area contributed by atoms with Gasteiger partial charge in [-0.1, -0.05) is 12.1 Å². The second-order valence-electron chi connectivity index (χ2n) is 6.70. The number of hydrogen-bond acceptors (Lipinski definition) is 4. The molecule has 162 valence electrons. The zero-order chi connectivity index (χ0) is 22.4. The number of para-hydroxylation sites is 1. The zero-order valence-electron chi connectivity index (χ0n) is 16.6. The topological polar surface area (TPSA) is 73.2 Å². The fraction of sp³-hybridized carbons (Fsp3) is 0.227. The van der Waals surface area contributed by atoms with E-state index in [-0.39, 0.29) is 30.6 Å². The first-order valence-corrected chi connectivity index (χ1v) is 9.46. The van der Waals surface area contributed by atoms with Crippen LogP contribution < -0.4 is 15.6 Å². The summed E-state index contributed by atoms with van der Waals surface area (Å²) in [6, 6.07) is 14.9. The minimum absolute atomic E-state index is 0.0624. The molecule has 0 unspecified atom stereocenters. The smallest absolute Gasteiger partial charge is 0.418 e. The van der Waals surface area contributed by atoms with Crippen LogP contribution in [0.4, 0.5) is 18.9 Å². The van der Waals surface area contributed by atoms with Crippen LogP contribution in [0.2, 0.25) is 0 Å². The predicted molar refractivity (Wildman–Crippen MR) is 110 cm³/mol. The van der Waals surface area contributed by atoms with E-state index in [1.165, 1.54) is 28.9 Å². The molecule has 31 heavy (non-hydrogen) atoms. The molecule has 3 rings (SSSR count). The summed E-state index contributed by atoms with van der Waals surface area (Å²) >= 11 is 0. The molecule has 0 aliphatic rings. The zero-order valence-corrected chi connectivity index (χ0v) is 16.6. The molecule has 0 atom stereocenters. The van der Waals surface area contributed by atoms with Gasteiger partial charge in [-0.2, -0.15) is 18.3 Å². The number of aryl methyl sites for hydroxylation is 1. The van der Waals surface area contributed by atoms with Gasteiger partial charge in [0.15, 0.2) is 0 Å². The molecule has 0 aliphatic carbocycles. The van der Waals surface area contributed by atoms with Crippen LogP contribution >= 0.6 is 0 Å². The minimum atomic E-state index is -4.57. The summed E-state index contributed by atoms with van der Waals surface area (Å²) in [5, 5.41) is 6.60. The van der Waals surface area contributed by atoms with Crippen molar-refractivity contribution in [2.45, 2.75) is 25.6 Å². The Morgan fingerprint density at radius 1 is 1.06 bits per heavy atom. The number of benzene rings is 2. The number of ether oxygens (including phenoxy) is 1. The van der Waals surface area contributed by atoms with Crippen molar-refractivity contribution in [2.75, 3.05) is 12.4 Å². The van der Waals surface area contributed by atoms with Crippen molar-refractivity contribution in [3.05, 3.63) is 76.6 Å². The highest BCUT2D eigenvalue weighted by atomic mass is 19.4. The Hall–Kier alpha value is -3.62. The summed E-state index contributed by atoms with van der Waals surface area (Å²) in [6.45, 7) is 0.150. The van der Waals surface area contributed by atoms with Crippen molar-refractivity contribution >= 4 is 11.6 Å². The molecule has 1 heterocycles. The second kappa shape index (κ2) is 9.46. The number of rotatable bonds is 7. The molecule has 3 aromatic rings. The Morgan fingerprint density at radius 3 is 2.45 bits per heavy atom. The number of nitrogens with one attached hydrogen (secondary N) is 1. The van der Waals surface area contributed by atoms with E-state index in [9.17, 15) is 22.8 Å². The fourth-order valence-electron chi connectivity index (χ4n) is 2.97. The lowest BCUT2D eigenvalue weighted by Crippen LogP contribution is -2.23. The number of alkyl halides is 3. The number of hydrogen-bond donors (Lipinski definition) is 1. The van der Waals surface area contributed by atoms with Crippen LogP contribution in [0.1, 0.15) is 18.4 Å². The fourth-order valence-corrected chi connectivity index (χ4v) is 2.97. The van der Waals surface area contributed by atoms with Crippen LogP contribution in [0.5, 0.6) is 5.75 Å². The van der Waals surface area contributed by atoms with E-state index in [1.807, 2.05) is 12.1 Å². The number of carbonyl (C=O) groups excluding carboxylic acids is 1. The lowest BCUT2D eigenvalue weighted by molar-refractivity contribution is -0.137. The molecule has 1 amide bonds. The molecule has 0 aliphatic heterocycles. The van der Waals surface area contributed by atoms with Gasteiger partial charge in [-0.3, -0.25) is 9.59 Å². The Morgan fingerprint density at radius 2 is 1.77 bits per heavy atom. The SMILES string of the molecule is COc1ccc(-c2ccc(=O)n(CCCC(=O)Nc3ccccc3C(F)(F)F)n2)cc1. The average molecular weight is 431 g/mol. The summed E-state index contributed by atoms with van der Waals surface area (Å²) in [5.74, 6) is 0.117. The molecule has 0 spiro atoms. The van der Waals surface area contributed by atoms with Crippen molar-refractivity contribution in [3.8, 4) is 17.0 Å². The standard InChI is InChI=1S/C22H20F3N3O3/c1-31-16-10-8-15(9-11-16)18-12-13-21(30)28(27-18)14-4-7-20(29)26-19-6-3-2-5-17(19)22(23,24)25/h2-3,5-6,8-13H,4,7,14H2,1H3,(H,26,29). The molecule has 1 aromatic heterocycles. The molecule has 0 saturated heterocycles. The van der Waals surface area contributed by atoms with Gasteiger partial charge in [-0.15, -0.1) is 0 Å². The van der Waals surface area contributed by atoms with Crippen LogP contribution in [-0.4, -0.2) is 22.8 Å². The van der Waals surface area contributed by atoms with Crippen LogP contribution in [0.25, 0.3) is 11.3 Å². The first kappa shape index (κ1) is 22.1. The van der Waals surface area contributed by atoms with Gasteiger partial charge < -0.3 is 10.1 Å². The van der Waals surface area contributed by atoms with E-state index in [1.54, 1.807) is 25.3 Å². The number of nitrogens with zero attached hydrogens (tertiary/aromatic N) is 2. The Labute approximate surface area is 176 Å². The third-order valence-corrected chi connectivity index (χ3v) is 4.53. The third-order valence-electron chi connectivity index (χ3n) is 4.53. The maximum Gasteiger partial charge on any atom is 0.418 e. The van der Waals surface area contributed by atoms with Crippen molar-refractivity contribution in [1.82, 2.24) is 9.78 Å². The van der Waals surface area contributed by atoms with Crippen molar-refractivity contribution < 1.29 is 22.7 Å². The van der Waals surface area contributed by atoms with Gasteiger partial charge in [0.05, 0.1) is 24.1 Å². The lowest BCUT2D eigenvalue weighted by Gasteiger charge is -2.13. The minimum Gasteiger partial charge on any atom is -0.497 e. The highest BCUT2D eigenvalue weighted by molar-refractivity contribution is 5.91. The highest BCUT2D eigenvalue weighted by Gasteiger charge is 2.33. The van der Waals surface area contributed by atoms with E-state index in [4.69, 9.17) is 4.74 Å². The molecular formula is C22H20F3N3O3. The number of methoxy groups -OCH3 is 1. The molecule has 9 heteroatoms. The first-order valence-electron chi connectivity index (χ1n) is 9.46. The summed E-state index contributed by atoms with van der Waals surface area (Å²) in [7, 11) is 1.56. The van der Waals surface area contributed by atoms with Gasteiger partial charge in [0.1, 0.15) is 5.75 Å². The third kappa shape index (κ3) is 5.71. The van der Waals surface area contributed by atoms with Crippen LogP contribution in [0, 0.1) is 0 Å². The Balaban J connectivity index is 1.63. The summed E-state index contributed by atoms with van der Waals surface area (Å²) in [5.41, 5.74) is -0.174. The number of halogens is 3. The second-order valence-corrected chi connectivity index (χ2v) is 6.70. The van der Waals surface area contributed by atoms with Gasteiger partial charge in [0.2, 0.25) is 5.91 Å². The largest absolute Gasteiger partial charge is 0.497 e. The van der Waals surface area contributed by atoms with Crippen molar-refractivity contribution in [3.63, 3.8) is 0 Å². The van der Waals surface area contributed by atoms with Gasteiger partial charge in [0.25, 0.3) is 5.56 Å². The summed E-state index contributed by atoms with van der Waals surface area (Å²) < 4.78 is 45.4. The average Bonchev–Trinajstić information content (AvgIpc) is 2.75. The van der Waals surface area contributed by atoms with Gasteiger partial charge in [0, 0.05) is 24.6 Å². The highest BCUT2D eigenvalue weighted by Crippen LogP contribution is 2.34. The van der Waals surface area contributed by atoms with Crippen LogP contribution in [0.15, 0.2) is 65.5 Å². The van der Waals surface area contributed by atoms with E-state index < -0.39 is 17.6 Å². The number of carbonyl (C=O) groups is 1. The lowest BCUT2D eigenvalue weighted by atomic mass is 10.1. The molecule has 1 N–H and O–H groups in total. The van der Waals surface area contributed by atoms with E-state index >= 15 is 0 Å². The van der Waals surface area contributed by atoms with Crippen LogP contribution in [0.3, 0.4) is 0 Å². The van der Waals surface area contributed by atoms with Gasteiger partial charge in [-0.25, -0.2) is 4.68 Å². The van der Waals surface area contributed by atoms with Gasteiger partial charge in [-0.05, 0) is 48.9 Å². The van der Waals surface area contributed by atoms with E-state index in [0.29, 0.717) is 11.4 Å². The van der Waals surface area contributed by atoms with Crippen molar-refractivity contribution in [1.29, 1.82) is 0 Å². The van der Waals surface area contributed by atoms with E-state index in [0.717, 1.165) is 11.6 Å². The summed E-state index contributed by atoms with van der Waals surface area (Å²) in [4.78, 5) is 24.2. The molecular weight excluding hydrogens is 411 g/mol. The van der Waals surface area contributed by atoms with Crippen molar-refractivity contribution in [2.24, 2.45) is 0 Å². The molecule has 0 bridgehead atoms. The number of aromatic nitrogens is 2. The number of amides is 1.